The second kappa shape index (κ2) is 9.92. The van der Waals surface area contributed by atoms with Crippen molar-refractivity contribution in [1.82, 2.24) is 14.5 Å². The maximum atomic E-state index is 12.9. The predicted octanol–water partition coefficient (Wildman–Crippen LogP) is 2.63. The molecule has 1 aliphatic carbocycles. The molecule has 1 aromatic rings. The molecule has 8 heteroatoms. The lowest BCUT2D eigenvalue weighted by molar-refractivity contribution is -0.129. The van der Waals surface area contributed by atoms with Gasteiger partial charge in [0.25, 0.3) is 5.91 Å². The van der Waals surface area contributed by atoms with Crippen molar-refractivity contribution in [2.24, 2.45) is 5.92 Å². The first-order valence-electron chi connectivity index (χ1n) is 11.0. The highest BCUT2D eigenvalue weighted by Gasteiger charge is 2.30. The van der Waals surface area contributed by atoms with Crippen LogP contribution in [-0.2, 0) is 14.8 Å². The van der Waals surface area contributed by atoms with E-state index in [4.69, 9.17) is 0 Å². The third-order valence-corrected chi connectivity index (χ3v) is 8.26. The maximum absolute atomic E-state index is 12.9. The minimum absolute atomic E-state index is 0.0402. The van der Waals surface area contributed by atoms with Crippen molar-refractivity contribution < 1.29 is 18.0 Å². The highest BCUT2D eigenvalue weighted by Crippen LogP contribution is 2.30. The van der Waals surface area contributed by atoms with Crippen LogP contribution in [0.3, 0.4) is 0 Å². The van der Waals surface area contributed by atoms with Crippen molar-refractivity contribution in [3.8, 4) is 0 Å². The molecule has 0 spiro atoms. The summed E-state index contributed by atoms with van der Waals surface area (Å²) in [4.78, 5) is 25.9. The Morgan fingerprint density at radius 1 is 1.07 bits per heavy atom. The van der Waals surface area contributed by atoms with Crippen molar-refractivity contribution in [2.45, 2.75) is 63.3 Å². The molecule has 30 heavy (non-hydrogen) atoms. The average Bonchev–Trinajstić information content (AvgIpc) is 3.19. The molecule has 1 saturated heterocycles. The fraction of sp³-hybridized carbons (Fsp3) is 0.636. The minimum Gasteiger partial charge on any atom is -0.349 e. The Labute approximate surface area is 179 Å². The summed E-state index contributed by atoms with van der Waals surface area (Å²) >= 11 is 0. The second-order valence-corrected chi connectivity index (χ2v) is 10.3. The van der Waals surface area contributed by atoms with Crippen molar-refractivity contribution in [1.29, 1.82) is 0 Å². The molecule has 2 aliphatic rings. The molecule has 1 aliphatic heterocycles. The molecule has 0 radical (unpaired) electrons. The lowest BCUT2D eigenvalue weighted by Gasteiger charge is -2.33. The highest BCUT2D eigenvalue weighted by atomic mass is 32.2. The molecule has 1 aromatic carbocycles. The highest BCUT2D eigenvalue weighted by molar-refractivity contribution is 7.89. The van der Waals surface area contributed by atoms with Gasteiger partial charge in [0.1, 0.15) is 0 Å². The number of carbonyl (C=O) groups excluding carboxylic acids is 2. The Morgan fingerprint density at radius 3 is 2.33 bits per heavy atom. The van der Waals surface area contributed by atoms with Gasteiger partial charge in [-0.2, -0.15) is 4.31 Å². The first-order chi connectivity index (χ1) is 14.3. The van der Waals surface area contributed by atoms with Gasteiger partial charge in [0.15, 0.2) is 0 Å². The Morgan fingerprint density at radius 2 is 1.73 bits per heavy atom. The number of hydrogen-bond donors (Lipinski definition) is 1. The molecule has 2 unspecified atom stereocenters. The molecule has 1 heterocycles. The molecule has 1 saturated carbocycles. The van der Waals surface area contributed by atoms with Crippen LogP contribution < -0.4 is 5.32 Å². The van der Waals surface area contributed by atoms with E-state index in [0.717, 1.165) is 25.7 Å². The van der Waals surface area contributed by atoms with Gasteiger partial charge in [-0.1, -0.05) is 26.2 Å². The van der Waals surface area contributed by atoms with Gasteiger partial charge in [-0.25, -0.2) is 8.42 Å². The largest absolute Gasteiger partial charge is 0.349 e. The Hall–Kier alpha value is -1.93. The van der Waals surface area contributed by atoms with E-state index in [1.807, 2.05) is 0 Å². The molecule has 3 rings (SSSR count). The maximum Gasteiger partial charge on any atom is 0.251 e. The van der Waals surface area contributed by atoms with Crippen LogP contribution in [0.15, 0.2) is 29.2 Å². The van der Waals surface area contributed by atoms with E-state index < -0.39 is 10.0 Å². The van der Waals surface area contributed by atoms with E-state index in [-0.39, 0.29) is 35.8 Å². The monoisotopic (exact) mass is 435 g/mol. The molecule has 7 nitrogen and oxygen atoms in total. The number of rotatable bonds is 7. The van der Waals surface area contributed by atoms with Gasteiger partial charge in [-0.05, 0) is 49.4 Å². The first kappa shape index (κ1) is 22.7. The molecule has 166 valence electrons. The smallest absolute Gasteiger partial charge is 0.251 e. The summed E-state index contributed by atoms with van der Waals surface area (Å²) in [5.41, 5.74) is 0.483. The molecule has 2 atom stereocenters. The Bertz CT molecular complexity index is 846. The number of carbonyl (C=O) groups is 2. The lowest BCUT2D eigenvalue weighted by Crippen LogP contribution is -2.49. The molecule has 0 bridgehead atoms. The fourth-order valence-electron chi connectivity index (χ4n) is 4.46. The molecule has 1 N–H and O–H groups in total. The molecular formula is C22H33N3O4S. The van der Waals surface area contributed by atoms with Crippen LogP contribution in [0.1, 0.15) is 62.7 Å². The van der Waals surface area contributed by atoms with Gasteiger partial charge in [0.05, 0.1) is 4.90 Å². The minimum atomic E-state index is -3.63. The average molecular weight is 436 g/mol. The number of sulfonamides is 1. The van der Waals surface area contributed by atoms with Gasteiger partial charge in [0, 0.05) is 44.7 Å². The topological polar surface area (TPSA) is 86.8 Å². The number of piperazine rings is 1. The molecule has 0 aromatic heterocycles. The Balaban J connectivity index is 1.61. The van der Waals surface area contributed by atoms with E-state index in [1.165, 1.54) is 36.2 Å². The van der Waals surface area contributed by atoms with Crippen LogP contribution in [0.2, 0.25) is 0 Å². The van der Waals surface area contributed by atoms with Crippen molar-refractivity contribution >= 4 is 21.8 Å². The van der Waals surface area contributed by atoms with E-state index >= 15 is 0 Å². The van der Waals surface area contributed by atoms with Crippen LogP contribution in [-0.4, -0.2) is 61.7 Å². The van der Waals surface area contributed by atoms with Gasteiger partial charge in [-0.15, -0.1) is 0 Å². The summed E-state index contributed by atoms with van der Waals surface area (Å²) in [6.45, 7) is 5.04. The van der Waals surface area contributed by atoms with Crippen molar-refractivity contribution in [3.63, 3.8) is 0 Å². The second-order valence-electron chi connectivity index (χ2n) is 8.35. The zero-order valence-corrected chi connectivity index (χ0v) is 18.8. The van der Waals surface area contributed by atoms with Crippen LogP contribution in [0.5, 0.6) is 0 Å². The quantitative estimate of drug-likeness (QED) is 0.713. The molecule has 2 fully saturated rings. The van der Waals surface area contributed by atoms with Crippen LogP contribution >= 0.6 is 0 Å². The van der Waals surface area contributed by atoms with Gasteiger partial charge in [-0.3, -0.25) is 9.59 Å². The SMILES string of the molecule is CCCCC1CCCC1NC(=O)c1ccc(S(=O)(=O)N2CCN(C(C)=O)CC2)cc1. The molecular weight excluding hydrogens is 402 g/mol. The normalized spacial score (nSPS) is 22.8. The number of unbranched alkanes of at least 4 members (excludes halogenated alkanes) is 1. The third-order valence-electron chi connectivity index (χ3n) is 6.34. The Kier molecular flexibility index (Phi) is 7.52. The van der Waals surface area contributed by atoms with E-state index in [0.29, 0.717) is 24.6 Å². The van der Waals surface area contributed by atoms with E-state index in [1.54, 1.807) is 17.0 Å². The summed E-state index contributed by atoms with van der Waals surface area (Å²) in [7, 11) is -3.63. The van der Waals surface area contributed by atoms with Crippen LogP contribution in [0.25, 0.3) is 0 Å². The predicted molar refractivity (Wildman–Crippen MR) is 116 cm³/mol. The standard InChI is InChI=1S/C22H33N3O4S/c1-3-4-6-18-7-5-8-21(18)23-22(27)19-9-11-20(12-10-19)30(28,29)25-15-13-24(14-16-25)17(2)26/h9-12,18,21H,3-8,13-16H2,1-2H3,(H,23,27). The summed E-state index contributed by atoms with van der Waals surface area (Å²) in [5, 5.41) is 3.15. The number of nitrogens with one attached hydrogen (secondary N) is 1. The third kappa shape index (κ3) is 5.21. The number of benzene rings is 1. The summed E-state index contributed by atoms with van der Waals surface area (Å²) in [6.07, 6.45) is 6.82. The van der Waals surface area contributed by atoms with E-state index in [2.05, 4.69) is 12.2 Å². The summed E-state index contributed by atoms with van der Waals surface area (Å²) in [6, 6.07) is 6.40. The lowest BCUT2D eigenvalue weighted by atomic mass is 9.96. The zero-order valence-electron chi connectivity index (χ0n) is 18.0. The van der Waals surface area contributed by atoms with E-state index in [9.17, 15) is 18.0 Å². The van der Waals surface area contributed by atoms with Crippen molar-refractivity contribution in [3.05, 3.63) is 29.8 Å². The number of nitrogens with zero attached hydrogens (tertiary/aromatic N) is 2. The van der Waals surface area contributed by atoms with Crippen LogP contribution in [0, 0.1) is 5.92 Å². The van der Waals surface area contributed by atoms with Crippen LogP contribution in [0.4, 0.5) is 0 Å². The summed E-state index contributed by atoms with van der Waals surface area (Å²) < 4.78 is 27.2. The first-order valence-corrected chi connectivity index (χ1v) is 12.4. The molecule has 2 amide bonds. The van der Waals surface area contributed by atoms with Gasteiger partial charge < -0.3 is 10.2 Å². The zero-order chi connectivity index (χ0) is 21.7. The number of hydrogen-bond acceptors (Lipinski definition) is 4. The number of amides is 2. The van der Waals surface area contributed by atoms with Gasteiger partial charge >= 0.3 is 0 Å². The fourth-order valence-corrected chi connectivity index (χ4v) is 5.88. The summed E-state index contributed by atoms with van der Waals surface area (Å²) in [5.74, 6) is 0.367. The van der Waals surface area contributed by atoms with Gasteiger partial charge in [0.2, 0.25) is 15.9 Å². The van der Waals surface area contributed by atoms with Crippen molar-refractivity contribution in [2.75, 3.05) is 26.2 Å².